The monoisotopic (exact) mass is 399 g/mol. The first-order valence-electron chi connectivity index (χ1n) is 9.45. The fraction of sp³-hybridized carbons (Fsp3) is 0.200. The van der Waals surface area contributed by atoms with Gasteiger partial charge in [-0.05, 0) is 48.5 Å². The smallest absolute Gasteiger partial charge is 0.0573 e. The molecule has 0 spiro atoms. The van der Waals surface area contributed by atoms with Gasteiger partial charge >= 0.3 is 0 Å². The Bertz CT molecular complexity index is 959. The molecule has 0 aromatic heterocycles. The molecule has 1 saturated heterocycles. The Hall–Kier alpha value is -2.46. The van der Waals surface area contributed by atoms with Crippen LogP contribution in [0.15, 0.2) is 72.8 Å². The van der Waals surface area contributed by atoms with E-state index in [4.69, 9.17) is 0 Å². The van der Waals surface area contributed by atoms with Gasteiger partial charge in [0.2, 0.25) is 0 Å². The van der Waals surface area contributed by atoms with Crippen LogP contribution >= 0.6 is 21.6 Å². The summed E-state index contributed by atoms with van der Waals surface area (Å²) < 4.78 is 0. The average molecular weight is 400 g/mol. The molecule has 4 rings (SSSR count). The Morgan fingerprint density at radius 3 is 1.75 bits per heavy atom. The summed E-state index contributed by atoms with van der Waals surface area (Å²) in [4.78, 5) is 2.46. The lowest BCUT2D eigenvalue weighted by atomic mass is 10.1. The lowest BCUT2D eigenvalue weighted by Gasteiger charge is -2.21. The zero-order valence-electron chi connectivity index (χ0n) is 15.6. The van der Waals surface area contributed by atoms with Gasteiger partial charge in [0.25, 0.3) is 0 Å². The van der Waals surface area contributed by atoms with Crippen molar-refractivity contribution in [1.82, 2.24) is 0 Å². The second-order valence-electron chi connectivity index (χ2n) is 6.57. The molecule has 3 heteroatoms. The van der Waals surface area contributed by atoms with Gasteiger partial charge in [-0.25, -0.2) is 0 Å². The predicted octanol–water partition coefficient (Wildman–Crippen LogP) is 5.38. The first kappa shape index (κ1) is 18.9. The number of hydrogen-bond donors (Lipinski definition) is 0. The van der Waals surface area contributed by atoms with Crippen LogP contribution in [0.5, 0.6) is 0 Å². The summed E-state index contributed by atoms with van der Waals surface area (Å²) in [6.07, 6.45) is 8.28. The SMILES string of the molecule is C(#Cc1ccc(N2CCSSCC2)cc1)c1ccc(C#CC2C=CC=C2)cc1. The molecule has 1 heterocycles. The van der Waals surface area contributed by atoms with E-state index in [9.17, 15) is 0 Å². The van der Waals surface area contributed by atoms with Crippen LogP contribution in [0.3, 0.4) is 0 Å². The molecule has 138 valence electrons. The van der Waals surface area contributed by atoms with Crippen molar-refractivity contribution in [2.24, 2.45) is 5.92 Å². The van der Waals surface area contributed by atoms with Crippen molar-refractivity contribution in [1.29, 1.82) is 0 Å². The van der Waals surface area contributed by atoms with Crippen LogP contribution in [0.25, 0.3) is 0 Å². The third-order valence-corrected chi connectivity index (χ3v) is 6.94. The second-order valence-corrected chi connectivity index (χ2v) is 9.27. The van der Waals surface area contributed by atoms with Crippen molar-refractivity contribution in [3.63, 3.8) is 0 Å². The summed E-state index contributed by atoms with van der Waals surface area (Å²) in [7, 11) is 3.94. The molecule has 0 saturated carbocycles. The molecule has 2 aromatic rings. The minimum atomic E-state index is 0.245. The minimum absolute atomic E-state index is 0.245. The molecule has 1 aliphatic heterocycles. The van der Waals surface area contributed by atoms with Gasteiger partial charge < -0.3 is 4.90 Å². The molecule has 28 heavy (non-hydrogen) atoms. The van der Waals surface area contributed by atoms with E-state index in [-0.39, 0.29) is 5.92 Å². The molecule has 2 aliphatic rings. The lowest BCUT2D eigenvalue weighted by Crippen LogP contribution is -2.26. The van der Waals surface area contributed by atoms with Gasteiger partial charge in [-0.15, -0.1) is 0 Å². The zero-order valence-corrected chi connectivity index (χ0v) is 17.2. The molecule has 2 aromatic carbocycles. The Morgan fingerprint density at radius 2 is 1.18 bits per heavy atom. The van der Waals surface area contributed by atoms with Crippen molar-refractivity contribution < 1.29 is 0 Å². The van der Waals surface area contributed by atoms with E-state index in [0.29, 0.717) is 0 Å². The maximum atomic E-state index is 3.27. The van der Waals surface area contributed by atoms with Gasteiger partial charge in [0.05, 0.1) is 5.92 Å². The zero-order chi connectivity index (χ0) is 19.0. The normalized spacial score (nSPS) is 16.1. The Morgan fingerprint density at radius 1 is 0.679 bits per heavy atom. The van der Waals surface area contributed by atoms with E-state index in [1.807, 2.05) is 58.0 Å². The topological polar surface area (TPSA) is 3.24 Å². The van der Waals surface area contributed by atoms with Crippen molar-refractivity contribution in [3.8, 4) is 23.7 Å². The molecule has 1 fully saturated rings. The molecule has 0 N–H and O–H groups in total. The molecule has 0 unspecified atom stereocenters. The van der Waals surface area contributed by atoms with Crippen molar-refractivity contribution in [2.75, 3.05) is 29.5 Å². The molecular formula is C25H21NS2. The Labute approximate surface area is 175 Å². The Balaban J connectivity index is 1.39. The third kappa shape index (κ3) is 5.29. The van der Waals surface area contributed by atoms with Crippen molar-refractivity contribution in [3.05, 3.63) is 89.5 Å². The van der Waals surface area contributed by atoms with E-state index in [1.54, 1.807) is 0 Å². The highest BCUT2D eigenvalue weighted by atomic mass is 33.1. The van der Waals surface area contributed by atoms with E-state index >= 15 is 0 Å². The molecule has 1 aliphatic carbocycles. The quantitative estimate of drug-likeness (QED) is 0.468. The van der Waals surface area contributed by atoms with Gasteiger partial charge in [0.1, 0.15) is 0 Å². The fourth-order valence-electron chi connectivity index (χ4n) is 3.01. The highest BCUT2D eigenvalue weighted by molar-refractivity contribution is 8.76. The molecular weight excluding hydrogens is 378 g/mol. The molecule has 0 bridgehead atoms. The van der Waals surface area contributed by atoms with E-state index in [1.165, 1.54) is 17.2 Å². The van der Waals surface area contributed by atoms with Gasteiger partial charge in [0, 0.05) is 47.0 Å². The van der Waals surface area contributed by atoms with Crippen LogP contribution in [-0.2, 0) is 0 Å². The minimum Gasteiger partial charge on any atom is -0.370 e. The van der Waals surface area contributed by atoms with E-state index in [2.05, 4.69) is 65.0 Å². The third-order valence-electron chi connectivity index (χ3n) is 4.57. The summed E-state index contributed by atoms with van der Waals surface area (Å²) in [5.41, 5.74) is 4.38. The summed E-state index contributed by atoms with van der Waals surface area (Å²) in [5.74, 6) is 15.6. The van der Waals surface area contributed by atoms with Crippen LogP contribution in [0, 0.1) is 29.6 Å². The first-order valence-corrected chi connectivity index (χ1v) is 11.9. The summed E-state index contributed by atoms with van der Waals surface area (Å²) in [6.45, 7) is 2.23. The second kappa shape index (κ2) is 9.65. The standard InChI is InChI=1S/C25H21NS2/c1-2-4-21(3-1)5-6-22-7-9-23(10-8-22)11-12-24-13-15-25(16-14-24)26-17-19-27-28-20-18-26/h1-4,7-10,13-16,21H,17-20H2. The largest absolute Gasteiger partial charge is 0.370 e. The number of allylic oxidation sites excluding steroid dienone is 4. The highest BCUT2D eigenvalue weighted by Crippen LogP contribution is 2.26. The Kier molecular flexibility index (Phi) is 6.51. The lowest BCUT2D eigenvalue weighted by molar-refractivity contribution is 0.884. The number of rotatable bonds is 1. The van der Waals surface area contributed by atoms with E-state index in [0.717, 1.165) is 29.8 Å². The van der Waals surface area contributed by atoms with Crippen LogP contribution in [0.1, 0.15) is 16.7 Å². The van der Waals surface area contributed by atoms with Gasteiger partial charge in [-0.3, -0.25) is 0 Å². The maximum Gasteiger partial charge on any atom is 0.0573 e. The molecule has 0 radical (unpaired) electrons. The first-order chi connectivity index (χ1) is 13.9. The number of hydrogen-bond acceptors (Lipinski definition) is 3. The average Bonchev–Trinajstić information content (AvgIpc) is 3.12. The van der Waals surface area contributed by atoms with Crippen LogP contribution in [0.4, 0.5) is 5.69 Å². The number of nitrogens with zero attached hydrogens (tertiary/aromatic N) is 1. The van der Waals surface area contributed by atoms with Crippen LogP contribution in [-0.4, -0.2) is 24.6 Å². The summed E-state index contributed by atoms with van der Waals surface area (Å²) >= 11 is 0. The summed E-state index contributed by atoms with van der Waals surface area (Å²) in [5, 5.41) is 0. The predicted molar refractivity (Wildman–Crippen MR) is 125 cm³/mol. The summed E-state index contributed by atoms with van der Waals surface area (Å²) in [6, 6.07) is 16.8. The number of anilines is 1. The maximum absolute atomic E-state index is 3.27. The van der Waals surface area contributed by atoms with Crippen LogP contribution < -0.4 is 4.90 Å². The highest BCUT2D eigenvalue weighted by Gasteiger charge is 2.09. The molecule has 0 atom stereocenters. The van der Waals surface area contributed by atoms with Crippen molar-refractivity contribution in [2.45, 2.75) is 0 Å². The van der Waals surface area contributed by atoms with Gasteiger partial charge in [-0.1, -0.05) is 69.6 Å². The van der Waals surface area contributed by atoms with Crippen molar-refractivity contribution >= 4 is 27.3 Å². The van der Waals surface area contributed by atoms with E-state index < -0.39 is 0 Å². The van der Waals surface area contributed by atoms with Crippen LogP contribution in [0.2, 0.25) is 0 Å². The molecule has 0 amide bonds. The van der Waals surface area contributed by atoms with Gasteiger partial charge in [0.15, 0.2) is 0 Å². The van der Waals surface area contributed by atoms with Gasteiger partial charge in [-0.2, -0.15) is 0 Å². The fourth-order valence-corrected chi connectivity index (χ4v) is 4.99. The number of benzene rings is 2. The molecule has 1 nitrogen and oxygen atoms in total.